The van der Waals surface area contributed by atoms with E-state index in [1.54, 1.807) is 0 Å². The molecular formula is C10H20. The average molecular weight is 140 g/mol. The first-order chi connectivity index (χ1) is 4.44. The Hall–Kier alpha value is 0. The fourth-order valence-corrected chi connectivity index (χ4v) is 1.92. The van der Waals surface area contributed by atoms with Crippen LogP contribution in [0, 0.1) is 16.7 Å². The standard InChI is InChI=1S/C10H20/c1-6-9(3,4)10(5)7-8(10)2/h8H,6-7H2,1-5H3. The van der Waals surface area contributed by atoms with E-state index in [1.807, 2.05) is 0 Å². The lowest BCUT2D eigenvalue weighted by atomic mass is 9.74. The summed E-state index contributed by atoms with van der Waals surface area (Å²) < 4.78 is 0. The molecule has 0 radical (unpaired) electrons. The molecule has 2 unspecified atom stereocenters. The molecule has 0 saturated heterocycles. The molecule has 1 saturated carbocycles. The van der Waals surface area contributed by atoms with Crippen LogP contribution in [0.15, 0.2) is 0 Å². The summed E-state index contributed by atoms with van der Waals surface area (Å²) in [6.45, 7) is 11.9. The molecule has 0 N–H and O–H groups in total. The zero-order valence-electron chi connectivity index (χ0n) is 7.99. The molecule has 0 aromatic heterocycles. The number of hydrogen-bond acceptors (Lipinski definition) is 0. The Kier molecular flexibility index (Phi) is 1.61. The van der Waals surface area contributed by atoms with Gasteiger partial charge in [0.1, 0.15) is 0 Å². The van der Waals surface area contributed by atoms with Gasteiger partial charge in [-0.25, -0.2) is 0 Å². The van der Waals surface area contributed by atoms with Crippen LogP contribution in [0.25, 0.3) is 0 Å². The Morgan fingerprint density at radius 1 is 1.50 bits per heavy atom. The maximum absolute atomic E-state index is 2.43. The van der Waals surface area contributed by atoms with Crippen molar-refractivity contribution in [1.82, 2.24) is 0 Å². The summed E-state index contributed by atoms with van der Waals surface area (Å²) in [5, 5.41) is 0. The molecule has 0 aromatic rings. The smallest absolute Gasteiger partial charge is 0.0246 e. The van der Waals surface area contributed by atoms with Crippen LogP contribution in [0.4, 0.5) is 0 Å². The van der Waals surface area contributed by atoms with Gasteiger partial charge in [-0.2, -0.15) is 0 Å². The quantitative estimate of drug-likeness (QED) is 0.551. The van der Waals surface area contributed by atoms with Crippen LogP contribution in [-0.2, 0) is 0 Å². The minimum atomic E-state index is 0.562. The van der Waals surface area contributed by atoms with E-state index in [2.05, 4.69) is 34.6 Å². The van der Waals surface area contributed by atoms with E-state index < -0.39 is 0 Å². The average Bonchev–Trinajstić information content (AvgIpc) is 2.43. The molecule has 0 amide bonds. The molecule has 0 aromatic carbocycles. The lowest BCUT2D eigenvalue weighted by molar-refractivity contribution is 0.182. The minimum absolute atomic E-state index is 0.562. The first kappa shape index (κ1) is 8.10. The van der Waals surface area contributed by atoms with Gasteiger partial charge in [-0.05, 0) is 23.2 Å². The van der Waals surface area contributed by atoms with Gasteiger partial charge in [-0.1, -0.05) is 41.0 Å². The van der Waals surface area contributed by atoms with E-state index in [9.17, 15) is 0 Å². The van der Waals surface area contributed by atoms with Crippen LogP contribution in [0.5, 0.6) is 0 Å². The first-order valence-corrected chi connectivity index (χ1v) is 4.44. The fourth-order valence-electron chi connectivity index (χ4n) is 1.92. The Bertz CT molecular complexity index is 127. The third-order valence-electron chi connectivity index (χ3n) is 4.09. The van der Waals surface area contributed by atoms with Gasteiger partial charge < -0.3 is 0 Å². The predicted molar refractivity (Wildman–Crippen MR) is 46.0 cm³/mol. The highest BCUT2D eigenvalue weighted by Crippen LogP contribution is 2.63. The van der Waals surface area contributed by atoms with Crippen LogP contribution >= 0.6 is 0 Å². The van der Waals surface area contributed by atoms with Crippen molar-refractivity contribution in [2.75, 3.05) is 0 Å². The van der Waals surface area contributed by atoms with Gasteiger partial charge in [-0.3, -0.25) is 0 Å². The van der Waals surface area contributed by atoms with Crippen LogP contribution in [0.3, 0.4) is 0 Å². The fraction of sp³-hybridized carbons (Fsp3) is 1.00. The second kappa shape index (κ2) is 1.99. The van der Waals surface area contributed by atoms with E-state index >= 15 is 0 Å². The zero-order valence-corrected chi connectivity index (χ0v) is 7.99. The number of hydrogen-bond donors (Lipinski definition) is 0. The van der Waals surface area contributed by atoms with Crippen molar-refractivity contribution in [3.63, 3.8) is 0 Å². The largest absolute Gasteiger partial charge is 0.0649 e. The van der Waals surface area contributed by atoms with Crippen molar-refractivity contribution in [2.24, 2.45) is 16.7 Å². The Morgan fingerprint density at radius 2 is 1.90 bits per heavy atom. The van der Waals surface area contributed by atoms with E-state index in [0.717, 1.165) is 5.92 Å². The van der Waals surface area contributed by atoms with Crippen LogP contribution in [0.1, 0.15) is 47.5 Å². The van der Waals surface area contributed by atoms with Crippen molar-refractivity contribution in [3.05, 3.63) is 0 Å². The second-order valence-corrected chi connectivity index (χ2v) is 4.76. The normalized spacial score (nSPS) is 39.9. The molecule has 1 fully saturated rings. The molecule has 60 valence electrons. The van der Waals surface area contributed by atoms with Gasteiger partial charge in [0.25, 0.3) is 0 Å². The molecule has 0 spiro atoms. The van der Waals surface area contributed by atoms with E-state index in [0.29, 0.717) is 10.8 Å². The van der Waals surface area contributed by atoms with Crippen molar-refractivity contribution in [3.8, 4) is 0 Å². The summed E-state index contributed by atoms with van der Waals surface area (Å²) in [6.07, 6.45) is 2.75. The lowest BCUT2D eigenvalue weighted by Gasteiger charge is -2.31. The molecule has 2 atom stereocenters. The maximum Gasteiger partial charge on any atom is -0.0246 e. The van der Waals surface area contributed by atoms with Crippen molar-refractivity contribution >= 4 is 0 Å². The Morgan fingerprint density at radius 3 is 2.00 bits per heavy atom. The summed E-state index contributed by atoms with van der Waals surface area (Å²) >= 11 is 0. The van der Waals surface area contributed by atoms with Crippen molar-refractivity contribution in [1.29, 1.82) is 0 Å². The van der Waals surface area contributed by atoms with Crippen LogP contribution in [-0.4, -0.2) is 0 Å². The summed E-state index contributed by atoms with van der Waals surface area (Å²) in [5.74, 6) is 0.961. The molecule has 0 bridgehead atoms. The maximum atomic E-state index is 2.43. The predicted octanol–water partition coefficient (Wildman–Crippen LogP) is 3.47. The van der Waals surface area contributed by atoms with Crippen molar-refractivity contribution < 1.29 is 0 Å². The third kappa shape index (κ3) is 0.889. The summed E-state index contributed by atoms with van der Waals surface area (Å²) in [7, 11) is 0. The highest BCUT2D eigenvalue weighted by Gasteiger charge is 2.55. The van der Waals surface area contributed by atoms with E-state index in [1.165, 1.54) is 12.8 Å². The van der Waals surface area contributed by atoms with Gasteiger partial charge in [0.05, 0.1) is 0 Å². The molecule has 0 nitrogen and oxygen atoms in total. The Labute approximate surface area is 65.0 Å². The van der Waals surface area contributed by atoms with Crippen molar-refractivity contribution in [2.45, 2.75) is 47.5 Å². The highest BCUT2D eigenvalue weighted by molar-refractivity contribution is 5.04. The molecule has 1 aliphatic rings. The zero-order chi connectivity index (χ0) is 7.99. The summed E-state index contributed by atoms with van der Waals surface area (Å²) in [4.78, 5) is 0. The van der Waals surface area contributed by atoms with Gasteiger partial charge in [0, 0.05) is 0 Å². The molecule has 1 rings (SSSR count). The molecule has 0 heterocycles. The summed E-state index contributed by atoms with van der Waals surface area (Å²) in [6, 6.07) is 0. The SMILES string of the molecule is CCC(C)(C)C1(C)CC1C. The van der Waals surface area contributed by atoms with Crippen LogP contribution < -0.4 is 0 Å². The van der Waals surface area contributed by atoms with Gasteiger partial charge in [0.15, 0.2) is 0 Å². The van der Waals surface area contributed by atoms with Crippen LogP contribution in [0.2, 0.25) is 0 Å². The molecule has 1 aliphatic carbocycles. The van der Waals surface area contributed by atoms with E-state index in [4.69, 9.17) is 0 Å². The van der Waals surface area contributed by atoms with Gasteiger partial charge in [0.2, 0.25) is 0 Å². The summed E-state index contributed by atoms with van der Waals surface area (Å²) in [5.41, 5.74) is 1.22. The molecule has 0 aliphatic heterocycles. The first-order valence-electron chi connectivity index (χ1n) is 4.44. The second-order valence-electron chi connectivity index (χ2n) is 4.76. The molecule has 10 heavy (non-hydrogen) atoms. The topological polar surface area (TPSA) is 0 Å². The van der Waals surface area contributed by atoms with Gasteiger partial charge in [-0.15, -0.1) is 0 Å². The Balaban J connectivity index is 2.65. The van der Waals surface area contributed by atoms with E-state index in [-0.39, 0.29) is 0 Å². The lowest BCUT2D eigenvalue weighted by Crippen LogP contribution is -2.23. The molecular weight excluding hydrogens is 120 g/mol. The van der Waals surface area contributed by atoms with Gasteiger partial charge >= 0.3 is 0 Å². The third-order valence-corrected chi connectivity index (χ3v) is 4.09. The number of rotatable bonds is 2. The molecule has 0 heteroatoms. The highest BCUT2D eigenvalue weighted by atomic mass is 14.6. The monoisotopic (exact) mass is 140 g/mol. The minimum Gasteiger partial charge on any atom is -0.0649 e.